The lowest BCUT2D eigenvalue weighted by Crippen LogP contribution is -2.55. The molecule has 0 saturated carbocycles. The van der Waals surface area contributed by atoms with E-state index < -0.39 is 24.6 Å². The predicted molar refractivity (Wildman–Crippen MR) is 99.7 cm³/mol. The lowest BCUT2D eigenvalue weighted by atomic mass is 10.0. The van der Waals surface area contributed by atoms with Gasteiger partial charge >= 0.3 is 5.97 Å². The molecule has 6 heteroatoms. The van der Waals surface area contributed by atoms with Crippen molar-refractivity contribution in [2.75, 3.05) is 13.7 Å². The van der Waals surface area contributed by atoms with Crippen LogP contribution in [0.3, 0.4) is 0 Å². The van der Waals surface area contributed by atoms with E-state index in [1.165, 1.54) is 58.5 Å². The number of hydrogen-bond acceptors (Lipinski definition) is 6. The molecule has 1 saturated heterocycles. The van der Waals surface area contributed by atoms with E-state index in [9.17, 15) is 15.0 Å². The highest BCUT2D eigenvalue weighted by molar-refractivity contribution is 5.69. The van der Waals surface area contributed by atoms with Gasteiger partial charge in [0, 0.05) is 13.5 Å². The third kappa shape index (κ3) is 9.31. The third-order valence-corrected chi connectivity index (χ3v) is 4.91. The van der Waals surface area contributed by atoms with Crippen molar-refractivity contribution < 1.29 is 29.2 Å². The highest BCUT2D eigenvalue weighted by Gasteiger charge is 2.41. The summed E-state index contributed by atoms with van der Waals surface area (Å²) >= 11 is 0. The fraction of sp³-hybridized carbons (Fsp3) is 0.950. The van der Waals surface area contributed by atoms with E-state index >= 15 is 0 Å². The second-order valence-corrected chi connectivity index (χ2v) is 7.24. The zero-order chi connectivity index (χ0) is 19.2. The molecular formula is C20H38O6. The predicted octanol–water partition coefficient (Wildman–Crippen LogP) is 3.32. The number of carbonyl (C=O) groups is 1. The molecule has 4 atom stereocenters. The molecule has 1 fully saturated rings. The summed E-state index contributed by atoms with van der Waals surface area (Å²) in [4.78, 5) is 12.0. The van der Waals surface area contributed by atoms with Crippen molar-refractivity contribution in [2.24, 2.45) is 0 Å². The molecule has 0 unspecified atom stereocenters. The second-order valence-electron chi connectivity index (χ2n) is 7.24. The summed E-state index contributed by atoms with van der Waals surface area (Å²) in [6, 6.07) is 0. The molecule has 1 rings (SSSR count). The van der Waals surface area contributed by atoms with Crippen molar-refractivity contribution in [3.05, 3.63) is 0 Å². The van der Waals surface area contributed by atoms with Crippen LogP contribution in [0.1, 0.15) is 84.0 Å². The van der Waals surface area contributed by atoms with Gasteiger partial charge in [0.25, 0.3) is 0 Å². The number of esters is 1. The molecule has 1 aliphatic heterocycles. The Hall–Kier alpha value is -0.690. The molecule has 1 heterocycles. The highest BCUT2D eigenvalue weighted by atomic mass is 16.7. The van der Waals surface area contributed by atoms with Crippen LogP contribution in [0.5, 0.6) is 0 Å². The first-order valence-corrected chi connectivity index (χ1v) is 10.3. The molecule has 0 bridgehead atoms. The molecule has 26 heavy (non-hydrogen) atoms. The van der Waals surface area contributed by atoms with E-state index in [0.29, 0.717) is 6.42 Å². The van der Waals surface area contributed by atoms with Gasteiger partial charge in [-0.15, -0.1) is 0 Å². The number of methoxy groups -OCH3 is 1. The molecule has 0 spiro atoms. The smallest absolute Gasteiger partial charge is 0.306 e. The van der Waals surface area contributed by atoms with E-state index in [1.54, 1.807) is 0 Å². The number of ether oxygens (including phenoxy) is 3. The van der Waals surface area contributed by atoms with Crippen LogP contribution in [0.2, 0.25) is 0 Å². The van der Waals surface area contributed by atoms with Gasteiger partial charge < -0.3 is 24.4 Å². The van der Waals surface area contributed by atoms with E-state index in [-0.39, 0.29) is 12.6 Å². The van der Waals surface area contributed by atoms with Gasteiger partial charge in [-0.3, -0.25) is 4.79 Å². The fourth-order valence-electron chi connectivity index (χ4n) is 3.24. The van der Waals surface area contributed by atoms with Crippen LogP contribution in [0.4, 0.5) is 0 Å². The van der Waals surface area contributed by atoms with Crippen LogP contribution < -0.4 is 0 Å². The first-order chi connectivity index (χ1) is 12.6. The molecular weight excluding hydrogens is 336 g/mol. The monoisotopic (exact) mass is 374 g/mol. The maximum atomic E-state index is 12.0. The Bertz CT molecular complexity index is 360. The lowest BCUT2D eigenvalue weighted by Gasteiger charge is -2.36. The highest BCUT2D eigenvalue weighted by Crippen LogP contribution is 2.20. The Morgan fingerprint density at radius 3 is 2.04 bits per heavy atom. The van der Waals surface area contributed by atoms with Crippen LogP contribution in [-0.4, -0.2) is 54.5 Å². The summed E-state index contributed by atoms with van der Waals surface area (Å²) in [5, 5.41) is 19.6. The molecule has 0 aromatic carbocycles. The molecule has 0 aliphatic carbocycles. The minimum Gasteiger partial charge on any atom is -0.454 e. The molecule has 154 valence electrons. The van der Waals surface area contributed by atoms with Crippen molar-refractivity contribution >= 4 is 5.97 Å². The number of rotatable bonds is 14. The van der Waals surface area contributed by atoms with Gasteiger partial charge in [0.05, 0.1) is 6.61 Å². The molecule has 0 aromatic heterocycles. The van der Waals surface area contributed by atoms with Crippen molar-refractivity contribution in [3.63, 3.8) is 0 Å². The standard InChI is InChI=1S/C20H38O6/c1-3-4-5-6-7-8-9-10-11-12-13-14-17(22)26-19-18(23)16(21)15-25-20(19)24-2/h16,18-21,23H,3-15H2,1-2H3/t16-,18-,19+,20-/m0/s1. The first-order valence-electron chi connectivity index (χ1n) is 10.3. The number of aliphatic hydroxyl groups excluding tert-OH is 2. The van der Waals surface area contributed by atoms with Gasteiger partial charge in [0.2, 0.25) is 0 Å². The fourth-order valence-corrected chi connectivity index (χ4v) is 3.24. The van der Waals surface area contributed by atoms with Crippen LogP contribution in [0, 0.1) is 0 Å². The van der Waals surface area contributed by atoms with E-state index in [4.69, 9.17) is 14.2 Å². The number of unbranched alkanes of at least 4 members (excludes halogenated alkanes) is 10. The molecule has 0 aromatic rings. The third-order valence-electron chi connectivity index (χ3n) is 4.91. The van der Waals surface area contributed by atoms with Crippen LogP contribution in [-0.2, 0) is 19.0 Å². The van der Waals surface area contributed by atoms with Crippen molar-refractivity contribution in [3.8, 4) is 0 Å². The normalized spacial score (nSPS) is 26.0. The minimum absolute atomic E-state index is 0.0354. The summed E-state index contributed by atoms with van der Waals surface area (Å²) in [5.74, 6) is -0.385. The Morgan fingerprint density at radius 2 is 1.50 bits per heavy atom. The molecule has 6 nitrogen and oxygen atoms in total. The van der Waals surface area contributed by atoms with E-state index in [1.807, 2.05) is 0 Å². The lowest BCUT2D eigenvalue weighted by molar-refractivity contribution is -0.268. The average molecular weight is 375 g/mol. The Kier molecular flexibility index (Phi) is 12.9. The summed E-state index contributed by atoms with van der Waals surface area (Å²) in [6.45, 7) is 2.20. The van der Waals surface area contributed by atoms with Gasteiger partial charge in [-0.25, -0.2) is 0 Å². The van der Waals surface area contributed by atoms with E-state index in [0.717, 1.165) is 19.3 Å². The van der Waals surface area contributed by atoms with Gasteiger partial charge in [0.15, 0.2) is 12.4 Å². The van der Waals surface area contributed by atoms with Crippen molar-refractivity contribution in [1.29, 1.82) is 0 Å². The molecule has 1 aliphatic rings. The van der Waals surface area contributed by atoms with Gasteiger partial charge in [0.1, 0.15) is 12.2 Å². The molecule has 0 radical (unpaired) electrons. The van der Waals surface area contributed by atoms with Gasteiger partial charge in [-0.2, -0.15) is 0 Å². The topological polar surface area (TPSA) is 85.2 Å². The van der Waals surface area contributed by atoms with Crippen LogP contribution in [0.15, 0.2) is 0 Å². The Balaban J connectivity index is 2.04. The van der Waals surface area contributed by atoms with Crippen molar-refractivity contribution in [1.82, 2.24) is 0 Å². The number of carbonyl (C=O) groups excluding carboxylic acids is 1. The summed E-state index contributed by atoms with van der Waals surface area (Å²) in [7, 11) is 1.42. The minimum atomic E-state index is -1.19. The quantitative estimate of drug-likeness (QED) is 0.358. The first kappa shape index (κ1) is 23.3. The average Bonchev–Trinajstić information content (AvgIpc) is 2.63. The van der Waals surface area contributed by atoms with Crippen LogP contribution >= 0.6 is 0 Å². The largest absolute Gasteiger partial charge is 0.454 e. The van der Waals surface area contributed by atoms with Gasteiger partial charge in [-0.05, 0) is 6.42 Å². The van der Waals surface area contributed by atoms with Gasteiger partial charge in [-0.1, -0.05) is 71.1 Å². The van der Waals surface area contributed by atoms with Crippen LogP contribution in [0.25, 0.3) is 0 Å². The summed E-state index contributed by atoms with van der Waals surface area (Å²) in [5.41, 5.74) is 0. The zero-order valence-electron chi connectivity index (χ0n) is 16.5. The zero-order valence-corrected chi connectivity index (χ0v) is 16.5. The van der Waals surface area contributed by atoms with E-state index in [2.05, 4.69) is 6.92 Å². The number of aliphatic hydroxyl groups is 2. The SMILES string of the molecule is CCCCCCCCCCCCCC(=O)O[C@H]1[C@@H](OC)OC[C@H](O)[C@@H]1O. The Labute approximate surface area is 158 Å². The maximum Gasteiger partial charge on any atom is 0.306 e. The number of hydrogen-bond donors (Lipinski definition) is 2. The summed E-state index contributed by atoms with van der Waals surface area (Å²) < 4.78 is 15.6. The van der Waals surface area contributed by atoms with Crippen molar-refractivity contribution in [2.45, 2.75) is 109 Å². The molecule has 2 N–H and O–H groups in total. The maximum absolute atomic E-state index is 12.0. The summed E-state index contributed by atoms with van der Waals surface area (Å²) in [6.07, 6.45) is 9.66. The second kappa shape index (κ2) is 14.4. The Morgan fingerprint density at radius 1 is 0.962 bits per heavy atom. The molecule has 0 amide bonds.